The molecule has 1 aromatic carbocycles. The van der Waals surface area contributed by atoms with E-state index in [9.17, 15) is 18.0 Å². The van der Waals surface area contributed by atoms with Crippen LogP contribution < -0.4 is 10.1 Å². The molecule has 1 heterocycles. The highest BCUT2D eigenvalue weighted by Gasteiger charge is 2.32. The maximum absolute atomic E-state index is 12.1. The van der Waals surface area contributed by atoms with Gasteiger partial charge in [0.25, 0.3) is 0 Å². The summed E-state index contributed by atoms with van der Waals surface area (Å²) in [7, 11) is 0. The highest BCUT2D eigenvalue weighted by molar-refractivity contribution is 5.98. The highest BCUT2D eigenvalue weighted by Crippen LogP contribution is 2.26. The molecule has 1 unspecified atom stereocenters. The minimum Gasteiger partial charge on any atom is -0.406 e. The fourth-order valence-electron chi connectivity index (χ4n) is 1.99. The minimum atomic E-state index is -4.74. The number of carbonyl (C=O) groups excluding carboxylic acids is 1. The molecule has 0 amide bonds. The van der Waals surface area contributed by atoms with E-state index in [2.05, 4.69) is 10.1 Å². The third kappa shape index (κ3) is 3.47. The van der Waals surface area contributed by atoms with E-state index in [1.54, 1.807) is 6.92 Å². The van der Waals surface area contributed by atoms with E-state index >= 15 is 0 Å². The van der Waals surface area contributed by atoms with Crippen molar-refractivity contribution in [3.8, 4) is 5.75 Å². The van der Waals surface area contributed by atoms with Gasteiger partial charge >= 0.3 is 6.36 Å². The lowest BCUT2D eigenvalue weighted by atomic mass is 9.83. The van der Waals surface area contributed by atoms with Crippen molar-refractivity contribution in [2.75, 3.05) is 13.1 Å². The third-order valence-electron chi connectivity index (χ3n) is 3.29. The van der Waals surface area contributed by atoms with E-state index in [1.165, 1.54) is 18.2 Å². The molecule has 104 valence electrons. The van der Waals surface area contributed by atoms with E-state index in [0.717, 1.165) is 19.2 Å². The van der Waals surface area contributed by atoms with Crippen LogP contribution in [0.2, 0.25) is 0 Å². The van der Waals surface area contributed by atoms with Gasteiger partial charge in [0.15, 0.2) is 5.78 Å². The number of ketones is 1. The lowest BCUT2D eigenvalue weighted by Gasteiger charge is -2.31. The van der Waals surface area contributed by atoms with Crippen molar-refractivity contribution in [2.24, 2.45) is 11.8 Å². The molecule has 19 heavy (non-hydrogen) atoms. The molecule has 1 aromatic rings. The molecule has 2 rings (SSSR count). The molecule has 1 saturated heterocycles. The monoisotopic (exact) mass is 273 g/mol. The summed E-state index contributed by atoms with van der Waals surface area (Å²) in [4.78, 5) is 12.1. The molecule has 0 aromatic heterocycles. The number of hydrogen-bond donors (Lipinski definition) is 1. The van der Waals surface area contributed by atoms with Crippen LogP contribution in [-0.4, -0.2) is 25.2 Å². The average Bonchev–Trinajstić information content (AvgIpc) is 2.23. The quantitative estimate of drug-likeness (QED) is 0.857. The predicted molar refractivity (Wildman–Crippen MR) is 63.0 cm³/mol. The van der Waals surface area contributed by atoms with Crippen molar-refractivity contribution < 1.29 is 22.7 Å². The summed E-state index contributed by atoms with van der Waals surface area (Å²) in [6.45, 7) is 3.34. The zero-order valence-electron chi connectivity index (χ0n) is 10.3. The number of Topliss-reactive ketones (excluding diaryl/α,β-unsaturated/α-hetero) is 1. The van der Waals surface area contributed by atoms with Crippen molar-refractivity contribution in [3.05, 3.63) is 29.8 Å². The van der Waals surface area contributed by atoms with Crippen molar-refractivity contribution in [3.63, 3.8) is 0 Å². The third-order valence-corrected chi connectivity index (χ3v) is 3.29. The van der Waals surface area contributed by atoms with Gasteiger partial charge in [-0.3, -0.25) is 4.79 Å². The summed E-state index contributed by atoms with van der Waals surface area (Å²) in [5, 5.41) is 3.07. The lowest BCUT2D eigenvalue weighted by molar-refractivity contribution is -0.274. The summed E-state index contributed by atoms with van der Waals surface area (Å²) in [6, 6.07) is 5.21. The minimum absolute atomic E-state index is 0.154. The van der Waals surface area contributed by atoms with E-state index in [0.29, 0.717) is 0 Å². The van der Waals surface area contributed by atoms with Gasteiger partial charge in [-0.05, 0) is 31.1 Å². The summed E-state index contributed by atoms with van der Waals surface area (Å²) in [5.74, 6) is -0.474. The summed E-state index contributed by atoms with van der Waals surface area (Å²) in [5.41, 5.74) is 0.251. The molecule has 3 nitrogen and oxygen atoms in total. The van der Waals surface area contributed by atoms with Gasteiger partial charge in [-0.25, -0.2) is 0 Å². The number of carbonyl (C=O) groups is 1. The normalized spacial score (nSPS) is 17.7. The molecule has 1 aliphatic rings. The Morgan fingerprint density at radius 2 is 2.11 bits per heavy atom. The van der Waals surface area contributed by atoms with E-state index in [1.807, 2.05) is 0 Å². The molecule has 0 radical (unpaired) electrons. The largest absolute Gasteiger partial charge is 0.573 e. The van der Waals surface area contributed by atoms with Gasteiger partial charge in [0.05, 0.1) is 0 Å². The SMILES string of the molecule is CC(C(=O)c1cccc(OC(F)(F)F)c1)C1CNC1. The number of halogens is 3. The van der Waals surface area contributed by atoms with Crippen molar-refractivity contribution in [1.82, 2.24) is 5.32 Å². The molecule has 0 spiro atoms. The van der Waals surface area contributed by atoms with Gasteiger partial charge in [-0.2, -0.15) is 0 Å². The van der Waals surface area contributed by atoms with Crippen LogP contribution in [0.4, 0.5) is 13.2 Å². The highest BCUT2D eigenvalue weighted by atomic mass is 19.4. The van der Waals surface area contributed by atoms with Gasteiger partial charge < -0.3 is 10.1 Å². The first-order valence-corrected chi connectivity index (χ1v) is 5.97. The Kier molecular flexibility index (Phi) is 3.80. The Morgan fingerprint density at radius 1 is 1.42 bits per heavy atom. The molecule has 1 aliphatic heterocycles. The standard InChI is InChI=1S/C13H14F3NO2/c1-8(10-6-17-7-10)12(18)9-3-2-4-11(5-9)19-13(14,15)16/h2-5,8,10,17H,6-7H2,1H3. The van der Waals surface area contributed by atoms with Crippen LogP contribution in [0.1, 0.15) is 17.3 Å². The Bertz CT molecular complexity index is 469. The molecule has 1 fully saturated rings. The summed E-state index contributed by atoms with van der Waals surface area (Å²) in [6.07, 6.45) is -4.74. The van der Waals surface area contributed by atoms with Gasteiger partial charge in [-0.1, -0.05) is 19.1 Å². The maximum Gasteiger partial charge on any atom is 0.573 e. The second-order valence-corrected chi connectivity index (χ2v) is 4.65. The molecule has 1 atom stereocenters. The number of nitrogens with one attached hydrogen (secondary N) is 1. The Hall–Kier alpha value is -1.56. The predicted octanol–water partition coefficient (Wildman–Crippen LogP) is 2.62. The second kappa shape index (κ2) is 5.21. The van der Waals surface area contributed by atoms with E-state index < -0.39 is 6.36 Å². The molecule has 0 aliphatic carbocycles. The van der Waals surface area contributed by atoms with Crippen LogP contribution in [0.3, 0.4) is 0 Å². The zero-order valence-corrected chi connectivity index (χ0v) is 10.3. The van der Waals surface area contributed by atoms with E-state index in [-0.39, 0.29) is 28.9 Å². The topological polar surface area (TPSA) is 38.3 Å². The van der Waals surface area contributed by atoms with Crippen LogP contribution >= 0.6 is 0 Å². The number of alkyl halides is 3. The average molecular weight is 273 g/mol. The molecule has 1 N–H and O–H groups in total. The Balaban J connectivity index is 2.11. The number of hydrogen-bond acceptors (Lipinski definition) is 3. The van der Waals surface area contributed by atoms with Gasteiger partial charge in [0, 0.05) is 11.5 Å². The first kappa shape index (κ1) is 13.9. The van der Waals surface area contributed by atoms with Crippen molar-refractivity contribution in [2.45, 2.75) is 13.3 Å². The number of ether oxygens (including phenoxy) is 1. The van der Waals surface area contributed by atoms with Crippen LogP contribution in [0.5, 0.6) is 5.75 Å². The van der Waals surface area contributed by atoms with Gasteiger partial charge in [-0.15, -0.1) is 13.2 Å². The van der Waals surface area contributed by atoms with Crippen molar-refractivity contribution in [1.29, 1.82) is 0 Å². The first-order chi connectivity index (χ1) is 8.87. The fourth-order valence-corrected chi connectivity index (χ4v) is 1.99. The van der Waals surface area contributed by atoms with Crippen molar-refractivity contribution >= 4 is 5.78 Å². The maximum atomic E-state index is 12.1. The van der Waals surface area contributed by atoms with Gasteiger partial charge in [0.1, 0.15) is 5.75 Å². The lowest BCUT2D eigenvalue weighted by Crippen LogP contribution is -2.47. The molecular formula is C13H14F3NO2. The zero-order chi connectivity index (χ0) is 14.0. The summed E-state index contributed by atoms with van der Waals surface area (Å²) < 4.78 is 40.1. The van der Waals surface area contributed by atoms with Crippen LogP contribution in [0, 0.1) is 11.8 Å². The van der Waals surface area contributed by atoms with Crippen LogP contribution in [0.25, 0.3) is 0 Å². The molecule has 0 bridgehead atoms. The Morgan fingerprint density at radius 3 is 2.63 bits per heavy atom. The molecular weight excluding hydrogens is 259 g/mol. The fraction of sp³-hybridized carbons (Fsp3) is 0.462. The van der Waals surface area contributed by atoms with Crippen LogP contribution in [-0.2, 0) is 0 Å². The van der Waals surface area contributed by atoms with Gasteiger partial charge in [0.2, 0.25) is 0 Å². The number of rotatable bonds is 4. The summed E-state index contributed by atoms with van der Waals surface area (Å²) >= 11 is 0. The van der Waals surface area contributed by atoms with Crippen LogP contribution in [0.15, 0.2) is 24.3 Å². The van der Waals surface area contributed by atoms with E-state index in [4.69, 9.17) is 0 Å². The second-order valence-electron chi connectivity index (χ2n) is 4.65. The molecule has 6 heteroatoms. The first-order valence-electron chi connectivity index (χ1n) is 5.97. The smallest absolute Gasteiger partial charge is 0.406 e. The number of benzene rings is 1. The Labute approximate surface area is 108 Å². The molecule has 0 saturated carbocycles.